The van der Waals surface area contributed by atoms with Crippen LogP contribution in [0.15, 0.2) is 23.2 Å². The van der Waals surface area contributed by atoms with Crippen LogP contribution in [-0.2, 0) is 19.1 Å². The largest absolute Gasteiger partial charge is 0.507 e. The molecule has 0 amide bonds. The monoisotopic (exact) mass is 268 g/mol. The number of ether oxygens (including phenoxy) is 2. The Balaban J connectivity index is 3.09. The number of carbonyl (C=O) groups is 2. The number of aliphatic hydroxyl groups excluding tert-OH is 1. The highest BCUT2D eigenvalue weighted by atomic mass is 16.6. The average Bonchev–Trinajstić information content (AvgIpc) is 2.39. The number of allylic oxidation sites excluding steroid dienone is 1. The topological polar surface area (TPSA) is 72.8 Å². The van der Waals surface area contributed by atoms with Gasteiger partial charge in [0.1, 0.15) is 5.76 Å². The summed E-state index contributed by atoms with van der Waals surface area (Å²) in [5.74, 6) is -1.35. The van der Waals surface area contributed by atoms with Crippen LogP contribution >= 0.6 is 0 Å². The van der Waals surface area contributed by atoms with Crippen molar-refractivity contribution in [3.05, 3.63) is 23.2 Å². The molecule has 0 saturated carbocycles. The molecule has 19 heavy (non-hydrogen) atoms. The van der Waals surface area contributed by atoms with Gasteiger partial charge in [0.15, 0.2) is 5.76 Å². The lowest BCUT2D eigenvalue weighted by Gasteiger charge is -2.31. The van der Waals surface area contributed by atoms with Gasteiger partial charge < -0.3 is 14.6 Å². The van der Waals surface area contributed by atoms with Crippen molar-refractivity contribution in [3.8, 4) is 0 Å². The van der Waals surface area contributed by atoms with Gasteiger partial charge in [-0.1, -0.05) is 13.8 Å². The van der Waals surface area contributed by atoms with Crippen LogP contribution in [0, 0.1) is 5.92 Å². The smallest absolute Gasteiger partial charge is 0.310 e. The molecule has 0 spiro atoms. The number of hydrogen-bond acceptors (Lipinski definition) is 5. The summed E-state index contributed by atoms with van der Waals surface area (Å²) >= 11 is 0. The maximum atomic E-state index is 12.1. The molecule has 0 heterocycles. The fourth-order valence-electron chi connectivity index (χ4n) is 1.74. The third kappa shape index (κ3) is 2.64. The zero-order valence-corrected chi connectivity index (χ0v) is 11.9. The zero-order valence-electron chi connectivity index (χ0n) is 11.9. The van der Waals surface area contributed by atoms with E-state index in [1.807, 2.05) is 6.92 Å². The van der Waals surface area contributed by atoms with Crippen molar-refractivity contribution in [1.82, 2.24) is 0 Å². The minimum Gasteiger partial charge on any atom is -0.507 e. The van der Waals surface area contributed by atoms with Crippen molar-refractivity contribution in [2.75, 3.05) is 7.11 Å². The Morgan fingerprint density at radius 3 is 2.58 bits per heavy atom. The van der Waals surface area contributed by atoms with E-state index in [0.29, 0.717) is 12.0 Å². The van der Waals surface area contributed by atoms with Crippen LogP contribution in [0.5, 0.6) is 0 Å². The molecule has 2 atom stereocenters. The Bertz CT molecular complexity index is 460. The minimum absolute atomic E-state index is 0.277. The van der Waals surface area contributed by atoms with E-state index in [9.17, 15) is 14.7 Å². The van der Waals surface area contributed by atoms with Crippen LogP contribution in [0.2, 0.25) is 0 Å². The lowest BCUT2D eigenvalue weighted by molar-refractivity contribution is -0.167. The molecule has 5 heteroatoms. The Morgan fingerprint density at radius 1 is 1.53 bits per heavy atom. The molecular formula is C14H20O5. The van der Waals surface area contributed by atoms with Crippen molar-refractivity contribution in [1.29, 1.82) is 0 Å². The Hall–Kier alpha value is -1.78. The SMILES string of the molecule is CC[C@@H](C)C(=O)O[C@]1(C)C(=O)C=C(OC)C(C)=C1O. The van der Waals surface area contributed by atoms with E-state index in [1.165, 1.54) is 20.1 Å². The maximum absolute atomic E-state index is 12.1. The molecule has 0 radical (unpaired) electrons. The quantitative estimate of drug-likeness (QED) is 0.792. The van der Waals surface area contributed by atoms with Crippen molar-refractivity contribution in [2.45, 2.75) is 39.7 Å². The molecule has 0 fully saturated rings. The highest BCUT2D eigenvalue weighted by molar-refractivity contribution is 6.02. The first-order valence-corrected chi connectivity index (χ1v) is 6.21. The van der Waals surface area contributed by atoms with Gasteiger partial charge in [-0.05, 0) is 20.3 Å². The minimum atomic E-state index is -1.66. The molecule has 0 bridgehead atoms. The van der Waals surface area contributed by atoms with Crippen LogP contribution < -0.4 is 0 Å². The second kappa shape index (κ2) is 5.47. The lowest BCUT2D eigenvalue weighted by Crippen LogP contribution is -2.45. The molecule has 106 valence electrons. The van der Waals surface area contributed by atoms with Crippen LogP contribution in [0.4, 0.5) is 0 Å². The summed E-state index contributed by atoms with van der Waals surface area (Å²) in [6, 6.07) is 0. The molecule has 5 nitrogen and oxygen atoms in total. The van der Waals surface area contributed by atoms with E-state index < -0.39 is 17.4 Å². The van der Waals surface area contributed by atoms with E-state index in [1.54, 1.807) is 13.8 Å². The van der Waals surface area contributed by atoms with Gasteiger partial charge in [0.25, 0.3) is 0 Å². The van der Waals surface area contributed by atoms with Gasteiger partial charge in [0.2, 0.25) is 11.4 Å². The number of aliphatic hydroxyl groups is 1. The van der Waals surface area contributed by atoms with Gasteiger partial charge in [-0.15, -0.1) is 0 Å². The number of methoxy groups -OCH3 is 1. The number of hydrogen-bond donors (Lipinski definition) is 1. The van der Waals surface area contributed by atoms with Crippen molar-refractivity contribution < 1.29 is 24.2 Å². The van der Waals surface area contributed by atoms with Gasteiger partial charge >= 0.3 is 5.97 Å². The Morgan fingerprint density at radius 2 is 2.11 bits per heavy atom. The third-order valence-electron chi connectivity index (χ3n) is 3.45. The first-order chi connectivity index (χ1) is 8.77. The second-order valence-corrected chi connectivity index (χ2v) is 4.81. The van der Waals surface area contributed by atoms with Gasteiger partial charge in [0, 0.05) is 11.6 Å². The molecule has 1 N–H and O–H groups in total. The molecule has 0 unspecified atom stereocenters. The summed E-state index contributed by atoms with van der Waals surface area (Å²) in [4.78, 5) is 23.9. The van der Waals surface area contributed by atoms with E-state index in [2.05, 4.69) is 0 Å². The molecule has 1 aliphatic rings. The molecular weight excluding hydrogens is 248 g/mol. The fourth-order valence-corrected chi connectivity index (χ4v) is 1.74. The average molecular weight is 268 g/mol. The molecule has 0 aliphatic heterocycles. The summed E-state index contributed by atoms with van der Waals surface area (Å²) in [6.45, 7) is 6.55. The summed E-state index contributed by atoms with van der Waals surface area (Å²) in [5, 5.41) is 10.1. The van der Waals surface area contributed by atoms with E-state index >= 15 is 0 Å². The molecule has 0 aromatic carbocycles. The standard InChI is InChI=1S/C14H20O5/c1-6-8(2)13(17)19-14(4)11(15)7-10(18-5)9(3)12(14)16/h7-8,16H,6H2,1-5H3/t8-,14-/m1/s1. The number of carbonyl (C=O) groups excluding carboxylic acids is 2. The second-order valence-electron chi connectivity index (χ2n) is 4.81. The van der Waals surface area contributed by atoms with Crippen LogP contribution in [0.1, 0.15) is 34.1 Å². The van der Waals surface area contributed by atoms with E-state index in [4.69, 9.17) is 9.47 Å². The van der Waals surface area contributed by atoms with Crippen molar-refractivity contribution in [3.63, 3.8) is 0 Å². The first kappa shape index (κ1) is 15.3. The summed E-state index contributed by atoms with van der Waals surface area (Å²) in [7, 11) is 1.41. The van der Waals surface area contributed by atoms with Crippen molar-refractivity contribution in [2.24, 2.45) is 5.92 Å². The highest BCUT2D eigenvalue weighted by Crippen LogP contribution is 2.33. The third-order valence-corrected chi connectivity index (χ3v) is 3.45. The number of esters is 1. The van der Waals surface area contributed by atoms with E-state index in [-0.39, 0.29) is 17.4 Å². The Labute approximate surface area is 112 Å². The molecule has 0 aromatic rings. The summed E-state index contributed by atoms with van der Waals surface area (Å²) in [6.07, 6.45) is 1.84. The number of ketones is 1. The molecule has 0 saturated heterocycles. The van der Waals surface area contributed by atoms with Crippen LogP contribution in [-0.4, -0.2) is 29.6 Å². The fraction of sp³-hybridized carbons (Fsp3) is 0.571. The van der Waals surface area contributed by atoms with Gasteiger partial charge in [-0.25, -0.2) is 0 Å². The zero-order chi connectivity index (χ0) is 14.8. The van der Waals surface area contributed by atoms with Gasteiger partial charge in [0.05, 0.1) is 13.0 Å². The van der Waals surface area contributed by atoms with Crippen LogP contribution in [0.25, 0.3) is 0 Å². The van der Waals surface area contributed by atoms with Crippen LogP contribution in [0.3, 0.4) is 0 Å². The first-order valence-electron chi connectivity index (χ1n) is 6.21. The maximum Gasteiger partial charge on any atom is 0.310 e. The normalized spacial score (nSPS) is 24.9. The summed E-state index contributed by atoms with van der Waals surface area (Å²) < 4.78 is 10.2. The molecule has 0 aromatic heterocycles. The summed E-state index contributed by atoms with van der Waals surface area (Å²) in [5.41, 5.74) is -1.27. The highest BCUT2D eigenvalue weighted by Gasteiger charge is 2.45. The predicted molar refractivity (Wildman–Crippen MR) is 69.4 cm³/mol. The Kier molecular flexibility index (Phi) is 4.39. The lowest BCUT2D eigenvalue weighted by atomic mass is 9.88. The molecule has 1 rings (SSSR count). The van der Waals surface area contributed by atoms with E-state index in [0.717, 1.165) is 0 Å². The molecule has 1 aliphatic carbocycles. The van der Waals surface area contributed by atoms with Gasteiger partial charge in [-0.3, -0.25) is 9.59 Å². The van der Waals surface area contributed by atoms with Crippen molar-refractivity contribution >= 4 is 11.8 Å². The predicted octanol–water partition coefficient (Wildman–Crippen LogP) is 2.28. The van der Waals surface area contributed by atoms with Gasteiger partial charge in [-0.2, -0.15) is 0 Å². The number of rotatable bonds is 4.